The molecule has 5 heteroatoms. The Hall–Kier alpha value is -8.41. The molecule has 0 amide bonds. The first kappa shape index (κ1) is 43.4. The van der Waals surface area contributed by atoms with Crippen LogP contribution in [0.1, 0.15) is 98.8 Å². The van der Waals surface area contributed by atoms with Crippen molar-refractivity contribution in [1.29, 1.82) is 0 Å². The van der Waals surface area contributed by atoms with Crippen LogP contribution in [-0.2, 0) is 21.8 Å². The van der Waals surface area contributed by atoms with Gasteiger partial charge in [-0.1, -0.05) is 172 Å². The molecule has 14 rings (SSSR count). The number of aromatic nitrogens is 2. The maximum Gasteiger partial charge on any atom is 0.141 e. The van der Waals surface area contributed by atoms with Crippen LogP contribution in [0.15, 0.2) is 212 Å². The van der Waals surface area contributed by atoms with Gasteiger partial charge in [-0.3, -0.25) is 9.89 Å². The Morgan fingerprint density at radius 2 is 0.973 bits per heavy atom. The number of hydrogen-bond acceptors (Lipinski definition) is 5. The maximum absolute atomic E-state index is 5.50. The number of aliphatic imine (C=N–C) groups is 1. The molecule has 0 fully saturated rings. The van der Waals surface area contributed by atoms with Crippen LogP contribution >= 0.6 is 0 Å². The molecule has 4 aliphatic rings. The van der Waals surface area contributed by atoms with E-state index in [0.29, 0.717) is 0 Å². The Balaban J connectivity index is 0.925. The topological polar surface area (TPSA) is 44.6 Å². The Bertz CT molecular complexity index is 3920. The first-order valence-corrected chi connectivity index (χ1v) is 25.7. The van der Waals surface area contributed by atoms with E-state index in [-0.39, 0.29) is 10.8 Å². The highest BCUT2D eigenvalue weighted by Crippen LogP contribution is 2.64. The summed E-state index contributed by atoms with van der Waals surface area (Å²) in [6, 6.07) is 75.0. The summed E-state index contributed by atoms with van der Waals surface area (Å²) >= 11 is 0. The Morgan fingerprint density at radius 3 is 1.68 bits per heavy atom. The van der Waals surface area contributed by atoms with Crippen LogP contribution in [0.4, 0.5) is 28.4 Å². The molecule has 0 saturated heterocycles. The zero-order valence-corrected chi connectivity index (χ0v) is 42.4. The maximum atomic E-state index is 5.50. The first-order chi connectivity index (χ1) is 35.3. The lowest BCUT2D eigenvalue weighted by Gasteiger charge is -2.45. The number of amidine groups is 1. The van der Waals surface area contributed by atoms with E-state index >= 15 is 0 Å². The number of rotatable bonds is 5. The van der Waals surface area contributed by atoms with Crippen LogP contribution in [0.2, 0.25) is 0 Å². The van der Waals surface area contributed by atoms with E-state index in [2.05, 4.69) is 258 Å². The number of benzene rings is 9. The van der Waals surface area contributed by atoms with Gasteiger partial charge >= 0.3 is 0 Å². The van der Waals surface area contributed by atoms with E-state index in [1.54, 1.807) is 6.33 Å². The third kappa shape index (κ3) is 6.18. The highest BCUT2D eigenvalue weighted by Gasteiger charge is 2.52. The van der Waals surface area contributed by atoms with E-state index in [9.17, 15) is 0 Å². The molecule has 3 heterocycles. The molecule has 2 aliphatic heterocycles. The molecule has 0 N–H and O–H groups in total. The van der Waals surface area contributed by atoms with Crippen LogP contribution in [0, 0.1) is 0 Å². The van der Waals surface area contributed by atoms with E-state index in [4.69, 9.17) is 15.0 Å². The fourth-order valence-corrected chi connectivity index (χ4v) is 12.9. The number of fused-ring (bicyclic) bond motifs is 13. The van der Waals surface area contributed by atoms with E-state index < -0.39 is 11.0 Å². The molecule has 9 aromatic carbocycles. The van der Waals surface area contributed by atoms with Crippen molar-refractivity contribution in [2.75, 3.05) is 9.80 Å². The van der Waals surface area contributed by atoms with Crippen molar-refractivity contribution in [3.8, 4) is 33.4 Å². The number of nitrogens with zero attached hydrogens (tertiary/aromatic N) is 5. The number of hydrogen-bond donors (Lipinski definition) is 0. The number of para-hydroxylation sites is 1. The van der Waals surface area contributed by atoms with E-state index in [1.807, 2.05) is 0 Å². The van der Waals surface area contributed by atoms with E-state index in [0.717, 1.165) is 56.8 Å². The fraction of sp³-hybridized carbons (Fsp3) is 0.162. The van der Waals surface area contributed by atoms with Crippen LogP contribution in [0.25, 0.3) is 44.2 Å². The average Bonchev–Trinajstić information content (AvgIpc) is 3.88. The summed E-state index contributed by atoms with van der Waals surface area (Å²) in [6.07, 6.45) is 1.72. The lowest BCUT2D eigenvalue weighted by Crippen LogP contribution is -2.44. The Morgan fingerprint density at radius 1 is 0.438 bits per heavy atom. The van der Waals surface area contributed by atoms with Gasteiger partial charge in [0.15, 0.2) is 0 Å². The van der Waals surface area contributed by atoms with Crippen LogP contribution in [0.5, 0.6) is 0 Å². The van der Waals surface area contributed by atoms with Gasteiger partial charge in [-0.15, -0.1) is 0 Å². The molecule has 10 aromatic rings. The second-order valence-electron chi connectivity index (χ2n) is 22.5. The minimum absolute atomic E-state index is 0.0363. The zero-order chi connectivity index (χ0) is 49.6. The third-order valence-corrected chi connectivity index (χ3v) is 16.4. The summed E-state index contributed by atoms with van der Waals surface area (Å²) < 4.78 is 0. The average molecular weight is 942 g/mol. The van der Waals surface area contributed by atoms with Gasteiger partial charge in [-0.05, 0) is 159 Å². The summed E-state index contributed by atoms with van der Waals surface area (Å²) in [6.45, 7) is 15.7. The molecule has 0 bridgehead atoms. The minimum atomic E-state index is -0.556. The van der Waals surface area contributed by atoms with Gasteiger partial charge < -0.3 is 4.90 Å². The smallest absolute Gasteiger partial charge is 0.141 e. The third-order valence-electron chi connectivity index (χ3n) is 16.4. The van der Waals surface area contributed by atoms with Gasteiger partial charge in [0.25, 0.3) is 0 Å². The van der Waals surface area contributed by atoms with Gasteiger partial charge in [-0.2, -0.15) is 0 Å². The van der Waals surface area contributed by atoms with Crippen molar-refractivity contribution < 1.29 is 0 Å². The van der Waals surface area contributed by atoms with Crippen LogP contribution in [0.3, 0.4) is 0 Å². The number of anilines is 5. The molecule has 0 atom stereocenters. The molecule has 2 aliphatic carbocycles. The lowest BCUT2D eigenvalue weighted by molar-refractivity contribution is 0.516. The van der Waals surface area contributed by atoms with Gasteiger partial charge in [0.2, 0.25) is 0 Å². The standard InChI is InChI=1S/C68H55N5/c1-65(2,3)47-30-33-48(34-31-47)72(49-32-28-42-16-8-9-17-45(42)38-49)50-35-37-54-53-36-29-46(39-58(53)68(59(54)40-50)55-20-12-10-18-51(55)52-19-11-13-21-56(52)68)43-24-26-44(27-25-43)64-71-67(6,7)63-61-62(69-41-70-63)66(4,5)57-22-14-15-23-60(57)73(61)64/h8-41H,1-7H3. The molecule has 1 spiro atoms. The largest absolute Gasteiger partial charge is 0.310 e. The summed E-state index contributed by atoms with van der Waals surface area (Å²) in [5.41, 5.74) is 22.4. The van der Waals surface area contributed by atoms with Crippen LogP contribution < -0.4 is 9.80 Å². The molecule has 0 saturated carbocycles. The lowest BCUT2D eigenvalue weighted by atomic mass is 9.70. The van der Waals surface area contributed by atoms with Crippen molar-refractivity contribution in [3.05, 3.63) is 257 Å². The molecule has 0 unspecified atom stereocenters. The van der Waals surface area contributed by atoms with Crippen molar-refractivity contribution in [2.24, 2.45) is 4.99 Å². The second-order valence-corrected chi connectivity index (χ2v) is 22.5. The van der Waals surface area contributed by atoms with Crippen molar-refractivity contribution in [1.82, 2.24) is 9.97 Å². The zero-order valence-electron chi connectivity index (χ0n) is 42.4. The molecule has 5 nitrogen and oxygen atoms in total. The molecule has 73 heavy (non-hydrogen) atoms. The minimum Gasteiger partial charge on any atom is -0.310 e. The quantitative estimate of drug-likeness (QED) is 0.172. The summed E-state index contributed by atoms with van der Waals surface area (Å²) in [5, 5.41) is 2.44. The molecule has 0 radical (unpaired) electrons. The first-order valence-electron chi connectivity index (χ1n) is 25.7. The summed E-state index contributed by atoms with van der Waals surface area (Å²) in [5.74, 6) is 0.907. The van der Waals surface area contributed by atoms with Gasteiger partial charge in [-0.25, -0.2) is 9.97 Å². The highest BCUT2D eigenvalue weighted by molar-refractivity contribution is 6.17. The van der Waals surface area contributed by atoms with Crippen LogP contribution in [-0.4, -0.2) is 15.8 Å². The Labute approximate surface area is 428 Å². The van der Waals surface area contributed by atoms with E-state index in [1.165, 1.54) is 72.0 Å². The van der Waals surface area contributed by atoms with Gasteiger partial charge in [0, 0.05) is 28.0 Å². The summed E-state index contributed by atoms with van der Waals surface area (Å²) in [4.78, 5) is 20.1. The fourth-order valence-electron chi connectivity index (χ4n) is 12.9. The summed E-state index contributed by atoms with van der Waals surface area (Å²) in [7, 11) is 0. The second kappa shape index (κ2) is 15.3. The van der Waals surface area contributed by atoms with Gasteiger partial charge in [0.1, 0.15) is 17.7 Å². The monoisotopic (exact) mass is 941 g/mol. The SMILES string of the molecule is CC(C)(C)c1ccc(N(c2ccc3c(c2)C2(c4ccccc4-c4ccccc42)c2cc(-c4ccc(C5=NC(C)(C)c6ncnc7c6N5c5ccccc5C7(C)C)cc4)ccc2-3)c2ccc3ccccc3c2)cc1. The highest BCUT2D eigenvalue weighted by atomic mass is 15.3. The normalized spacial score (nSPS) is 15.7. The predicted octanol–water partition coefficient (Wildman–Crippen LogP) is 16.9. The van der Waals surface area contributed by atoms with Crippen molar-refractivity contribution in [3.63, 3.8) is 0 Å². The van der Waals surface area contributed by atoms with Gasteiger partial charge in [0.05, 0.1) is 28.2 Å². The molecular weight excluding hydrogens is 887 g/mol. The molecular formula is C68H55N5. The Kier molecular flexibility index (Phi) is 9.09. The predicted molar refractivity (Wildman–Crippen MR) is 301 cm³/mol. The van der Waals surface area contributed by atoms with Crippen molar-refractivity contribution in [2.45, 2.75) is 70.3 Å². The van der Waals surface area contributed by atoms with Crippen molar-refractivity contribution >= 4 is 45.0 Å². The molecule has 1 aromatic heterocycles. The molecule has 352 valence electrons.